The Bertz CT molecular complexity index is 1200. The Morgan fingerprint density at radius 1 is 1.11 bits per heavy atom. The van der Waals surface area contributed by atoms with Gasteiger partial charge in [-0.05, 0) is 51.0 Å². The maximum atomic E-state index is 13.0. The summed E-state index contributed by atoms with van der Waals surface area (Å²) in [5.74, 6) is 0.710. The summed E-state index contributed by atoms with van der Waals surface area (Å²) in [5.41, 5.74) is 2.81. The summed E-state index contributed by atoms with van der Waals surface area (Å²) >= 11 is 0. The van der Waals surface area contributed by atoms with Crippen molar-refractivity contribution in [3.63, 3.8) is 0 Å². The Hall–Kier alpha value is -3.75. The van der Waals surface area contributed by atoms with Crippen molar-refractivity contribution < 1.29 is 23.5 Å². The van der Waals surface area contributed by atoms with Gasteiger partial charge in [-0.2, -0.15) is 0 Å². The topological polar surface area (TPSA) is 97.1 Å². The highest BCUT2D eigenvalue weighted by molar-refractivity contribution is 5.77. The second kappa shape index (κ2) is 11.5. The minimum atomic E-state index is -0.601. The van der Waals surface area contributed by atoms with Crippen molar-refractivity contribution in [2.24, 2.45) is 0 Å². The van der Waals surface area contributed by atoms with Crippen LogP contribution in [-0.2, 0) is 22.5 Å². The van der Waals surface area contributed by atoms with Crippen LogP contribution in [0.25, 0.3) is 11.1 Å². The number of piperazine rings is 1. The molecule has 2 aromatic carbocycles. The summed E-state index contributed by atoms with van der Waals surface area (Å²) in [6, 6.07) is 15.2. The molecule has 1 atom stereocenters. The van der Waals surface area contributed by atoms with Gasteiger partial charge in [-0.15, -0.1) is 0 Å². The molecular weight excluding hydrogens is 472 g/mol. The van der Waals surface area contributed by atoms with E-state index in [9.17, 15) is 9.59 Å². The Balaban J connectivity index is 1.39. The number of rotatable bonds is 7. The lowest BCUT2D eigenvalue weighted by atomic mass is 10.1. The minimum Gasteiger partial charge on any atom is -0.445 e. The van der Waals surface area contributed by atoms with Gasteiger partial charge in [-0.3, -0.25) is 0 Å². The molecule has 2 heterocycles. The van der Waals surface area contributed by atoms with Crippen LogP contribution < -0.4 is 5.32 Å². The first-order chi connectivity index (χ1) is 17.7. The van der Waals surface area contributed by atoms with Crippen molar-refractivity contribution in [3.8, 4) is 0 Å². The third-order valence-electron chi connectivity index (χ3n) is 6.12. The fraction of sp³-hybridized carbons (Fsp3) is 0.464. The highest BCUT2D eigenvalue weighted by atomic mass is 16.6. The summed E-state index contributed by atoms with van der Waals surface area (Å²) in [7, 11) is 0. The second-order valence-electron chi connectivity index (χ2n) is 10.2. The van der Waals surface area contributed by atoms with E-state index in [0.29, 0.717) is 38.5 Å². The molecule has 3 aromatic rings. The van der Waals surface area contributed by atoms with E-state index in [0.717, 1.165) is 28.8 Å². The Kier molecular flexibility index (Phi) is 8.21. The Labute approximate surface area is 217 Å². The number of aryl methyl sites for hydroxylation is 1. The van der Waals surface area contributed by atoms with Gasteiger partial charge in [0, 0.05) is 38.3 Å². The molecule has 0 aliphatic carbocycles. The van der Waals surface area contributed by atoms with E-state index in [1.165, 1.54) is 0 Å². The molecule has 0 saturated carbocycles. The van der Waals surface area contributed by atoms with E-state index in [2.05, 4.69) is 10.3 Å². The van der Waals surface area contributed by atoms with Crippen LogP contribution in [-0.4, -0.2) is 64.8 Å². The van der Waals surface area contributed by atoms with Gasteiger partial charge in [0.15, 0.2) is 11.5 Å². The predicted octanol–water partition coefficient (Wildman–Crippen LogP) is 5.45. The number of hydrogen-bond acceptors (Lipinski definition) is 7. The van der Waals surface area contributed by atoms with Crippen molar-refractivity contribution in [3.05, 3.63) is 60.0 Å². The maximum Gasteiger partial charge on any atom is 0.410 e. The van der Waals surface area contributed by atoms with E-state index in [4.69, 9.17) is 13.9 Å². The molecule has 37 heavy (non-hydrogen) atoms. The van der Waals surface area contributed by atoms with E-state index in [1.807, 2.05) is 76.2 Å². The van der Waals surface area contributed by atoms with Crippen molar-refractivity contribution in [1.82, 2.24) is 14.8 Å². The fourth-order valence-electron chi connectivity index (χ4n) is 4.26. The minimum absolute atomic E-state index is 0.211. The fourth-order valence-corrected chi connectivity index (χ4v) is 4.26. The second-order valence-corrected chi connectivity index (χ2v) is 10.2. The van der Waals surface area contributed by atoms with Gasteiger partial charge < -0.3 is 29.0 Å². The van der Waals surface area contributed by atoms with Crippen molar-refractivity contribution in [2.75, 3.05) is 31.5 Å². The molecule has 0 spiro atoms. The monoisotopic (exact) mass is 508 g/mol. The van der Waals surface area contributed by atoms with Crippen LogP contribution in [0.5, 0.6) is 0 Å². The number of benzene rings is 2. The number of ether oxygens (including phenoxy) is 2. The molecule has 4 rings (SSSR count). The third kappa shape index (κ3) is 7.15. The molecule has 1 saturated heterocycles. The SMILES string of the molecule is CCc1nc2cc(NCC[C@@H]3CN(C(=O)OCc4ccccc4)CCN3C(=O)OC(C)(C)C)ccc2o1. The van der Waals surface area contributed by atoms with Crippen LogP contribution in [0.3, 0.4) is 0 Å². The molecule has 1 aromatic heterocycles. The lowest BCUT2D eigenvalue weighted by Crippen LogP contribution is -2.57. The number of amides is 2. The quantitative estimate of drug-likeness (QED) is 0.453. The molecule has 1 N–H and O–H groups in total. The Morgan fingerprint density at radius 3 is 2.62 bits per heavy atom. The normalized spacial score (nSPS) is 16.1. The van der Waals surface area contributed by atoms with Crippen molar-refractivity contribution in [1.29, 1.82) is 0 Å². The Morgan fingerprint density at radius 2 is 1.89 bits per heavy atom. The molecular formula is C28H36N4O5. The van der Waals surface area contributed by atoms with Gasteiger partial charge >= 0.3 is 12.2 Å². The lowest BCUT2D eigenvalue weighted by molar-refractivity contribution is -0.00386. The van der Waals surface area contributed by atoms with Crippen LogP contribution in [0.1, 0.15) is 45.6 Å². The average Bonchev–Trinajstić information content (AvgIpc) is 3.29. The van der Waals surface area contributed by atoms with Gasteiger partial charge in [0.2, 0.25) is 0 Å². The maximum absolute atomic E-state index is 13.0. The summed E-state index contributed by atoms with van der Waals surface area (Å²) in [6.07, 6.45) is 0.614. The number of nitrogens with one attached hydrogen (secondary N) is 1. The third-order valence-corrected chi connectivity index (χ3v) is 6.12. The van der Waals surface area contributed by atoms with Crippen molar-refractivity contribution >= 4 is 29.0 Å². The van der Waals surface area contributed by atoms with Crippen LogP contribution in [0.4, 0.5) is 15.3 Å². The van der Waals surface area contributed by atoms with Gasteiger partial charge in [0.25, 0.3) is 0 Å². The number of carbonyl (C=O) groups is 2. The van der Waals surface area contributed by atoms with Gasteiger partial charge in [0.1, 0.15) is 17.7 Å². The largest absolute Gasteiger partial charge is 0.445 e. The van der Waals surface area contributed by atoms with Crippen LogP contribution in [0.15, 0.2) is 52.9 Å². The van der Waals surface area contributed by atoms with Gasteiger partial charge in [-0.1, -0.05) is 37.3 Å². The smallest absolute Gasteiger partial charge is 0.410 e. The zero-order valence-corrected chi connectivity index (χ0v) is 22.0. The first-order valence-corrected chi connectivity index (χ1v) is 12.8. The van der Waals surface area contributed by atoms with E-state index in [1.54, 1.807) is 9.80 Å². The van der Waals surface area contributed by atoms with Gasteiger partial charge in [-0.25, -0.2) is 14.6 Å². The average molecular weight is 509 g/mol. The zero-order valence-electron chi connectivity index (χ0n) is 22.0. The molecule has 2 amide bonds. The number of fused-ring (bicyclic) bond motifs is 1. The number of carbonyl (C=O) groups excluding carboxylic acids is 2. The van der Waals surface area contributed by atoms with E-state index in [-0.39, 0.29) is 24.8 Å². The summed E-state index contributed by atoms with van der Waals surface area (Å²) in [6.45, 7) is 9.50. The summed E-state index contributed by atoms with van der Waals surface area (Å²) < 4.78 is 16.9. The number of nitrogens with zero attached hydrogens (tertiary/aromatic N) is 3. The molecule has 1 aliphatic rings. The number of aromatic nitrogens is 1. The highest BCUT2D eigenvalue weighted by Crippen LogP contribution is 2.22. The molecule has 0 bridgehead atoms. The molecule has 9 heteroatoms. The van der Waals surface area contributed by atoms with Crippen LogP contribution in [0, 0.1) is 0 Å². The highest BCUT2D eigenvalue weighted by Gasteiger charge is 2.35. The number of oxazole rings is 1. The summed E-state index contributed by atoms with van der Waals surface area (Å²) in [4.78, 5) is 33.6. The van der Waals surface area contributed by atoms with E-state index >= 15 is 0 Å². The first-order valence-electron chi connectivity index (χ1n) is 12.8. The molecule has 1 aliphatic heterocycles. The van der Waals surface area contributed by atoms with Crippen molar-refractivity contribution in [2.45, 2.75) is 58.8 Å². The molecule has 1 fully saturated rings. The molecule has 0 radical (unpaired) electrons. The van der Waals surface area contributed by atoms with E-state index < -0.39 is 5.60 Å². The number of anilines is 1. The standard InChI is InChI=1S/C28H36N4O5/c1-5-25-30-23-17-21(11-12-24(23)36-25)29-14-13-22-18-31(15-16-32(22)27(34)37-28(2,3)4)26(33)35-19-20-9-7-6-8-10-20/h6-12,17,22,29H,5,13-16,18-19H2,1-4H3/t22-/m1/s1. The zero-order chi connectivity index (χ0) is 26.4. The molecule has 9 nitrogen and oxygen atoms in total. The lowest BCUT2D eigenvalue weighted by Gasteiger charge is -2.41. The number of hydrogen-bond donors (Lipinski definition) is 1. The summed E-state index contributed by atoms with van der Waals surface area (Å²) in [5, 5.41) is 3.41. The van der Waals surface area contributed by atoms with Crippen LogP contribution in [0.2, 0.25) is 0 Å². The molecule has 198 valence electrons. The van der Waals surface area contributed by atoms with Crippen LogP contribution >= 0.6 is 0 Å². The van der Waals surface area contributed by atoms with Gasteiger partial charge in [0.05, 0.1) is 6.04 Å². The molecule has 0 unspecified atom stereocenters. The predicted molar refractivity (Wildman–Crippen MR) is 141 cm³/mol. The first kappa shape index (κ1) is 26.3.